The Kier molecular flexibility index (Phi) is 6.06. The van der Waals surface area contributed by atoms with Gasteiger partial charge in [-0.15, -0.1) is 0 Å². The van der Waals surface area contributed by atoms with Crippen LogP contribution >= 0.6 is 0 Å². The Hall–Kier alpha value is -3.66. The van der Waals surface area contributed by atoms with E-state index in [0.29, 0.717) is 0 Å². The maximum absolute atomic E-state index is 11.6. The summed E-state index contributed by atoms with van der Waals surface area (Å²) in [7, 11) is 0. The number of aryl methyl sites for hydroxylation is 2. The van der Waals surface area contributed by atoms with Crippen molar-refractivity contribution in [1.82, 2.24) is 5.16 Å². The SMILES string of the molecule is Cc1noc(-c2ccc(-c3ccc(C4(C(=O)O)CC4)cc3)cc2)c1CCCCc1ccccc1. The van der Waals surface area contributed by atoms with Crippen molar-refractivity contribution in [1.29, 1.82) is 0 Å². The van der Waals surface area contributed by atoms with Crippen LogP contribution in [0, 0.1) is 6.92 Å². The lowest BCUT2D eigenvalue weighted by atomic mass is 9.93. The van der Waals surface area contributed by atoms with Gasteiger partial charge in [0.15, 0.2) is 5.76 Å². The van der Waals surface area contributed by atoms with Crippen LogP contribution in [-0.2, 0) is 23.1 Å². The smallest absolute Gasteiger partial charge is 0.314 e. The summed E-state index contributed by atoms with van der Waals surface area (Å²) >= 11 is 0. The maximum Gasteiger partial charge on any atom is 0.314 e. The number of carboxylic acid groups (broad SMARTS) is 1. The number of carbonyl (C=O) groups is 1. The zero-order chi connectivity index (χ0) is 23.5. The molecule has 1 fully saturated rings. The van der Waals surface area contributed by atoms with Gasteiger partial charge < -0.3 is 9.63 Å². The van der Waals surface area contributed by atoms with E-state index in [4.69, 9.17) is 4.52 Å². The first-order chi connectivity index (χ1) is 16.6. The highest BCUT2D eigenvalue weighted by atomic mass is 16.5. The zero-order valence-electron chi connectivity index (χ0n) is 19.5. The summed E-state index contributed by atoms with van der Waals surface area (Å²) in [6.07, 6.45) is 5.70. The molecular weight excluding hydrogens is 422 g/mol. The lowest BCUT2D eigenvalue weighted by Crippen LogP contribution is -2.19. The standard InChI is InChI=1S/C30H29NO3/c1-21-27(10-6-5-9-22-7-3-2-4-8-22)28(34-31-21)25-13-11-23(12-14-25)24-15-17-26(18-16-24)30(19-20-30)29(32)33/h2-4,7-8,11-18H,5-6,9-10,19-20H2,1H3,(H,32,33). The largest absolute Gasteiger partial charge is 0.481 e. The zero-order valence-corrected chi connectivity index (χ0v) is 19.5. The van der Waals surface area contributed by atoms with E-state index in [1.807, 2.05) is 31.2 Å². The third kappa shape index (κ3) is 4.41. The Balaban J connectivity index is 1.26. The van der Waals surface area contributed by atoms with E-state index in [9.17, 15) is 9.90 Å². The Morgan fingerprint density at radius 1 is 0.853 bits per heavy atom. The molecule has 0 bridgehead atoms. The minimum atomic E-state index is -0.720. The Morgan fingerprint density at radius 3 is 2.06 bits per heavy atom. The number of hydrogen-bond donors (Lipinski definition) is 1. The molecule has 172 valence electrons. The van der Waals surface area contributed by atoms with E-state index in [2.05, 4.69) is 59.8 Å². The van der Waals surface area contributed by atoms with E-state index < -0.39 is 11.4 Å². The van der Waals surface area contributed by atoms with Gasteiger partial charge in [-0.2, -0.15) is 0 Å². The Bertz CT molecular complexity index is 1270. The topological polar surface area (TPSA) is 63.3 Å². The second kappa shape index (κ2) is 9.30. The van der Waals surface area contributed by atoms with Crippen molar-refractivity contribution < 1.29 is 14.4 Å². The van der Waals surface area contributed by atoms with Gasteiger partial charge in [0, 0.05) is 11.1 Å². The highest BCUT2D eigenvalue weighted by molar-refractivity contribution is 5.85. The Labute approximate surface area is 200 Å². The maximum atomic E-state index is 11.6. The lowest BCUT2D eigenvalue weighted by Gasteiger charge is -2.11. The van der Waals surface area contributed by atoms with Crippen LogP contribution in [0.1, 0.15) is 48.1 Å². The molecule has 1 saturated carbocycles. The highest BCUT2D eigenvalue weighted by Crippen LogP contribution is 2.48. The molecule has 4 heteroatoms. The van der Waals surface area contributed by atoms with Gasteiger partial charge in [0.2, 0.25) is 0 Å². The molecule has 0 atom stereocenters. The molecule has 0 amide bonds. The van der Waals surface area contributed by atoms with Crippen molar-refractivity contribution in [3.05, 3.63) is 101 Å². The van der Waals surface area contributed by atoms with Gasteiger partial charge in [0.25, 0.3) is 0 Å². The van der Waals surface area contributed by atoms with Gasteiger partial charge in [-0.1, -0.05) is 84.0 Å². The molecule has 0 spiro atoms. The molecule has 0 unspecified atom stereocenters. The molecule has 0 saturated heterocycles. The molecule has 3 aromatic carbocycles. The van der Waals surface area contributed by atoms with Crippen molar-refractivity contribution in [3.63, 3.8) is 0 Å². The number of nitrogens with zero attached hydrogens (tertiary/aromatic N) is 1. The fraction of sp³-hybridized carbons (Fsp3) is 0.267. The second-order valence-electron chi connectivity index (χ2n) is 9.31. The number of aromatic nitrogens is 1. The molecule has 4 nitrogen and oxygen atoms in total. The minimum absolute atomic E-state index is 0.663. The van der Waals surface area contributed by atoms with E-state index >= 15 is 0 Å². The molecule has 1 aromatic heterocycles. The molecule has 34 heavy (non-hydrogen) atoms. The van der Waals surface area contributed by atoms with Crippen LogP contribution < -0.4 is 0 Å². The second-order valence-corrected chi connectivity index (χ2v) is 9.31. The normalized spacial score (nSPS) is 14.1. The molecule has 1 N–H and O–H groups in total. The van der Waals surface area contributed by atoms with Crippen LogP contribution in [-0.4, -0.2) is 16.2 Å². The molecular formula is C30H29NO3. The summed E-state index contributed by atoms with van der Waals surface area (Å²) in [5.41, 5.74) is 6.96. The number of rotatable bonds is 9. The van der Waals surface area contributed by atoms with Gasteiger partial charge in [0.1, 0.15) is 0 Å². The average molecular weight is 452 g/mol. The highest BCUT2D eigenvalue weighted by Gasteiger charge is 2.51. The summed E-state index contributed by atoms with van der Waals surface area (Å²) < 4.78 is 5.72. The van der Waals surface area contributed by atoms with E-state index in [0.717, 1.165) is 72.2 Å². The van der Waals surface area contributed by atoms with E-state index in [-0.39, 0.29) is 0 Å². The predicted molar refractivity (Wildman–Crippen MR) is 134 cm³/mol. The summed E-state index contributed by atoms with van der Waals surface area (Å²) in [6, 6.07) is 26.9. The number of unbranched alkanes of at least 4 members (excludes halogenated alkanes) is 1. The van der Waals surface area contributed by atoms with Crippen molar-refractivity contribution in [2.24, 2.45) is 0 Å². The number of aliphatic carboxylic acids is 1. The molecule has 0 aliphatic heterocycles. The quantitative estimate of drug-likeness (QED) is 0.278. The molecule has 1 heterocycles. The third-order valence-electron chi connectivity index (χ3n) is 7.05. The van der Waals surface area contributed by atoms with Gasteiger partial charge in [-0.3, -0.25) is 4.79 Å². The fourth-order valence-corrected chi connectivity index (χ4v) is 4.73. The first kappa shape index (κ1) is 22.1. The lowest BCUT2D eigenvalue weighted by molar-refractivity contribution is -0.140. The van der Waals surface area contributed by atoms with Crippen molar-refractivity contribution in [2.75, 3.05) is 0 Å². The van der Waals surface area contributed by atoms with Crippen molar-refractivity contribution >= 4 is 5.97 Å². The predicted octanol–water partition coefficient (Wildman–Crippen LogP) is 7.00. The van der Waals surface area contributed by atoms with Gasteiger partial charge in [-0.05, 0) is 67.7 Å². The van der Waals surface area contributed by atoms with E-state index in [1.165, 1.54) is 11.1 Å². The molecule has 0 radical (unpaired) electrons. The summed E-state index contributed by atoms with van der Waals surface area (Å²) in [5.74, 6) is 0.138. The van der Waals surface area contributed by atoms with E-state index in [1.54, 1.807) is 0 Å². The molecule has 1 aliphatic rings. The van der Waals surface area contributed by atoms with Crippen LogP contribution in [0.2, 0.25) is 0 Å². The summed E-state index contributed by atoms with van der Waals surface area (Å²) in [6.45, 7) is 2.01. The number of carboxylic acids is 1. The third-order valence-corrected chi connectivity index (χ3v) is 7.05. The van der Waals surface area contributed by atoms with Crippen LogP contribution in [0.3, 0.4) is 0 Å². The summed E-state index contributed by atoms with van der Waals surface area (Å²) in [5, 5.41) is 13.8. The van der Waals surface area contributed by atoms with Gasteiger partial charge >= 0.3 is 5.97 Å². The average Bonchev–Trinajstić information content (AvgIpc) is 3.61. The van der Waals surface area contributed by atoms with Crippen LogP contribution in [0.5, 0.6) is 0 Å². The van der Waals surface area contributed by atoms with Crippen LogP contribution in [0.15, 0.2) is 83.4 Å². The monoisotopic (exact) mass is 451 g/mol. The summed E-state index contributed by atoms with van der Waals surface area (Å²) in [4.78, 5) is 11.6. The van der Waals surface area contributed by atoms with Crippen molar-refractivity contribution in [2.45, 2.75) is 50.9 Å². The fourth-order valence-electron chi connectivity index (χ4n) is 4.73. The van der Waals surface area contributed by atoms with Gasteiger partial charge in [0.05, 0.1) is 11.1 Å². The first-order valence-corrected chi connectivity index (χ1v) is 12.0. The van der Waals surface area contributed by atoms with Crippen LogP contribution in [0.4, 0.5) is 0 Å². The Morgan fingerprint density at radius 2 is 1.44 bits per heavy atom. The molecule has 1 aliphatic carbocycles. The molecule has 4 aromatic rings. The van der Waals surface area contributed by atoms with Crippen LogP contribution in [0.25, 0.3) is 22.5 Å². The number of benzene rings is 3. The molecule has 5 rings (SSSR count). The minimum Gasteiger partial charge on any atom is -0.481 e. The first-order valence-electron chi connectivity index (χ1n) is 12.0. The van der Waals surface area contributed by atoms with Gasteiger partial charge in [-0.25, -0.2) is 0 Å². The van der Waals surface area contributed by atoms with Crippen molar-refractivity contribution in [3.8, 4) is 22.5 Å². The number of hydrogen-bond acceptors (Lipinski definition) is 3.